The first-order valence-corrected chi connectivity index (χ1v) is 8.49. The molecule has 0 bridgehead atoms. The molecular weight excluding hydrogens is 403 g/mol. The van der Waals surface area contributed by atoms with Crippen molar-refractivity contribution in [1.82, 2.24) is 8.96 Å². The van der Waals surface area contributed by atoms with Gasteiger partial charge in [-0.1, -0.05) is 18.2 Å². The van der Waals surface area contributed by atoms with Crippen LogP contribution in [0.15, 0.2) is 53.6 Å². The quantitative estimate of drug-likeness (QED) is 0.490. The van der Waals surface area contributed by atoms with E-state index in [9.17, 15) is 13.2 Å². The van der Waals surface area contributed by atoms with Crippen LogP contribution in [0.25, 0.3) is 11.0 Å². The number of halogens is 1. The van der Waals surface area contributed by atoms with Crippen molar-refractivity contribution in [2.75, 3.05) is 0 Å². The smallest absolute Gasteiger partial charge is 0.269 e. The summed E-state index contributed by atoms with van der Waals surface area (Å²) < 4.78 is 27.3. The molecule has 5 nitrogen and oxygen atoms in total. The zero-order valence-electron chi connectivity index (χ0n) is 10.6. The third kappa shape index (κ3) is 2.36. The molecule has 2 heterocycles. The van der Waals surface area contributed by atoms with Crippen LogP contribution in [0.2, 0.25) is 0 Å². The predicted octanol–water partition coefficient (Wildman–Crippen LogP) is 2.69. The van der Waals surface area contributed by atoms with Crippen molar-refractivity contribution in [3.63, 3.8) is 0 Å². The molecule has 0 saturated heterocycles. The van der Waals surface area contributed by atoms with Gasteiger partial charge in [-0.15, -0.1) is 0 Å². The highest BCUT2D eigenvalue weighted by molar-refractivity contribution is 14.1. The molecule has 0 spiro atoms. The number of hydrogen-bond donors (Lipinski definition) is 0. The van der Waals surface area contributed by atoms with Gasteiger partial charge in [0.15, 0.2) is 6.29 Å². The number of carbonyl (C=O) groups is 1. The molecule has 7 heteroatoms. The summed E-state index contributed by atoms with van der Waals surface area (Å²) in [6, 6.07) is 11.4. The fraction of sp³-hybridized carbons (Fsp3) is 0. The Bertz CT molecular complexity index is 934. The maximum Gasteiger partial charge on any atom is 0.269 e. The number of carbonyl (C=O) groups excluding carboxylic acids is 1. The van der Waals surface area contributed by atoms with Crippen molar-refractivity contribution >= 4 is 49.9 Å². The topological polar surface area (TPSA) is 69.0 Å². The number of fused-ring (bicyclic) bond motifs is 1. The molecule has 0 aliphatic rings. The number of benzene rings is 1. The Morgan fingerprint density at radius 1 is 1.14 bits per heavy atom. The fourth-order valence-corrected chi connectivity index (χ4v) is 4.78. The van der Waals surface area contributed by atoms with Crippen LogP contribution in [0.5, 0.6) is 0 Å². The van der Waals surface area contributed by atoms with E-state index in [1.165, 1.54) is 28.4 Å². The first-order chi connectivity index (χ1) is 10.0. The standard InChI is InChI=1S/C14H9IN2O3S/c15-14-7-12-13(6-10(9-18)8-16-12)17(14)21(19,20)11-4-2-1-3-5-11/h1-9H. The van der Waals surface area contributed by atoms with Gasteiger partial charge >= 0.3 is 0 Å². The van der Waals surface area contributed by atoms with Gasteiger partial charge in [0.25, 0.3) is 10.0 Å². The van der Waals surface area contributed by atoms with Crippen LogP contribution in [0.1, 0.15) is 10.4 Å². The number of rotatable bonds is 3. The van der Waals surface area contributed by atoms with Crippen molar-refractivity contribution in [3.8, 4) is 0 Å². The SMILES string of the molecule is O=Cc1cnc2cc(I)n(S(=O)(=O)c3ccccc3)c2c1. The fourth-order valence-electron chi connectivity index (χ4n) is 2.05. The average Bonchev–Trinajstić information content (AvgIpc) is 2.83. The van der Waals surface area contributed by atoms with Crippen molar-refractivity contribution in [1.29, 1.82) is 0 Å². The van der Waals surface area contributed by atoms with E-state index in [4.69, 9.17) is 0 Å². The van der Waals surface area contributed by atoms with Crippen LogP contribution in [-0.4, -0.2) is 23.7 Å². The summed E-state index contributed by atoms with van der Waals surface area (Å²) in [7, 11) is -3.72. The van der Waals surface area contributed by atoms with E-state index in [1.807, 2.05) is 22.6 Å². The second-order valence-electron chi connectivity index (χ2n) is 4.34. The van der Waals surface area contributed by atoms with Crippen LogP contribution in [0, 0.1) is 3.70 Å². The van der Waals surface area contributed by atoms with E-state index in [-0.39, 0.29) is 4.90 Å². The maximum atomic E-state index is 12.8. The molecule has 2 aromatic heterocycles. The summed E-state index contributed by atoms with van der Waals surface area (Å²) in [5, 5.41) is 0. The molecule has 0 unspecified atom stereocenters. The first-order valence-electron chi connectivity index (χ1n) is 5.97. The van der Waals surface area contributed by atoms with Gasteiger partial charge in [0, 0.05) is 11.8 Å². The Hall–Kier alpha value is -1.74. The molecule has 0 atom stereocenters. The summed E-state index contributed by atoms with van der Waals surface area (Å²) in [4.78, 5) is 15.2. The normalized spacial score (nSPS) is 11.7. The zero-order chi connectivity index (χ0) is 15.0. The van der Waals surface area contributed by atoms with Gasteiger partial charge in [-0.05, 0) is 46.9 Å². The first kappa shape index (κ1) is 14.2. The molecule has 0 aliphatic heterocycles. The third-order valence-electron chi connectivity index (χ3n) is 3.00. The molecule has 21 heavy (non-hydrogen) atoms. The molecule has 106 valence electrons. The lowest BCUT2D eigenvalue weighted by molar-refractivity contribution is 0.112. The highest BCUT2D eigenvalue weighted by atomic mass is 127. The Morgan fingerprint density at radius 2 is 1.86 bits per heavy atom. The van der Waals surface area contributed by atoms with Crippen molar-refractivity contribution < 1.29 is 13.2 Å². The molecule has 0 N–H and O–H groups in total. The van der Waals surface area contributed by atoms with E-state index >= 15 is 0 Å². The van der Waals surface area contributed by atoms with Crippen molar-refractivity contribution in [2.24, 2.45) is 0 Å². The van der Waals surface area contributed by atoms with Gasteiger partial charge in [-0.2, -0.15) is 0 Å². The molecule has 3 aromatic rings. The molecular formula is C14H9IN2O3S. The van der Waals surface area contributed by atoms with Gasteiger partial charge in [0.1, 0.15) is 0 Å². The van der Waals surface area contributed by atoms with Gasteiger partial charge in [0.2, 0.25) is 0 Å². The summed E-state index contributed by atoms with van der Waals surface area (Å²) in [5.74, 6) is 0. The largest absolute Gasteiger partial charge is 0.298 e. The third-order valence-corrected chi connectivity index (χ3v) is 5.87. The second kappa shape index (κ2) is 5.23. The molecule has 3 rings (SSSR count). The number of nitrogens with zero attached hydrogens (tertiary/aromatic N) is 2. The minimum absolute atomic E-state index is 0.192. The molecule has 1 aromatic carbocycles. The van der Waals surface area contributed by atoms with E-state index in [0.717, 1.165) is 0 Å². The summed E-state index contributed by atoms with van der Waals surface area (Å²) in [6.07, 6.45) is 2.07. The van der Waals surface area contributed by atoms with Crippen LogP contribution in [0.3, 0.4) is 0 Å². The monoisotopic (exact) mass is 412 g/mol. The Labute approximate surface area is 134 Å². The van der Waals surface area contributed by atoms with Gasteiger partial charge in [0.05, 0.1) is 19.6 Å². The molecule has 0 aliphatic carbocycles. The van der Waals surface area contributed by atoms with E-state index in [1.54, 1.807) is 24.3 Å². The second-order valence-corrected chi connectivity index (χ2v) is 7.23. The maximum absolute atomic E-state index is 12.8. The highest BCUT2D eigenvalue weighted by Gasteiger charge is 2.22. The lowest BCUT2D eigenvalue weighted by Gasteiger charge is -2.09. The lowest BCUT2D eigenvalue weighted by atomic mass is 10.3. The van der Waals surface area contributed by atoms with Crippen LogP contribution in [0.4, 0.5) is 0 Å². The van der Waals surface area contributed by atoms with Crippen molar-refractivity contribution in [3.05, 3.63) is 57.9 Å². The van der Waals surface area contributed by atoms with Crippen LogP contribution < -0.4 is 0 Å². The van der Waals surface area contributed by atoms with Crippen LogP contribution >= 0.6 is 22.6 Å². The predicted molar refractivity (Wildman–Crippen MR) is 86.9 cm³/mol. The van der Waals surface area contributed by atoms with E-state index in [0.29, 0.717) is 26.6 Å². The Balaban J connectivity index is 2.34. The molecule has 0 saturated carbocycles. The van der Waals surface area contributed by atoms with Gasteiger partial charge in [-0.3, -0.25) is 9.78 Å². The van der Waals surface area contributed by atoms with Gasteiger partial charge < -0.3 is 0 Å². The lowest BCUT2D eigenvalue weighted by Crippen LogP contribution is -2.14. The minimum atomic E-state index is -3.72. The summed E-state index contributed by atoms with van der Waals surface area (Å²) >= 11 is 1.94. The van der Waals surface area contributed by atoms with Gasteiger partial charge in [-0.25, -0.2) is 12.4 Å². The number of aromatic nitrogens is 2. The van der Waals surface area contributed by atoms with Crippen LogP contribution in [-0.2, 0) is 10.0 Å². The Morgan fingerprint density at radius 3 is 2.52 bits per heavy atom. The van der Waals surface area contributed by atoms with Crippen molar-refractivity contribution in [2.45, 2.75) is 4.90 Å². The van der Waals surface area contributed by atoms with E-state index in [2.05, 4.69) is 4.98 Å². The molecule has 0 radical (unpaired) electrons. The number of hydrogen-bond acceptors (Lipinski definition) is 4. The molecule has 0 amide bonds. The highest BCUT2D eigenvalue weighted by Crippen LogP contribution is 2.26. The zero-order valence-corrected chi connectivity index (χ0v) is 13.6. The number of pyridine rings is 1. The summed E-state index contributed by atoms with van der Waals surface area (Å²) in [6.45, 7) is 0. The van der Waals surface area contributed by atoms with E-state index < -0.39 is 10.0 Å². The molecule has 0 fully saturated rings. The number of aldehydes is 1. The minimum Gasteiger partial charge on any atom is -0.298 e. The summed E-state index contributed by atoms with van der Waals surface area (Å²) in [5.41, 5.74) is 1.26. The Kier molecular flexibility index (Phi) is 3.54. The average molecular weight is 412 g/mol.